The number of unbranched alkanes of at least 4 members (excludes halogenated alkanes) is 1. The molecule has 0 bridgehead atoms. The monoisotopic (exact) mass is 221 g/mol. The molecule has 1 aromatic carbocycles. The molecule has 1 unspecified atom stereocenters. The predicted molar refractivity (Wildman–Crippen MR) is 64.4 cm³/mol. The van der Waals surface area contributed by atoms with Gasteiger partial charge in [-0.3, -0.25) is 9.69 Å². The Hall–Kier alpha value is -1.35. The highest BCUT2D eigenvalue weighted by atomic mass is 16.4. The molecule has 0 spiro atoms. The van der Waals surface area contributed by atoms with Crippen molar-refractivity contribution in [1.82, 2.24) is 4.90 Å². The Balaban J connectivity index is 2.79. The van der Waals surface area contributed by atoms with Gasteiger partial charge in [-0.2, -0.15) is 0 Å². The lowest BCUT2D eigenvalue weighted by atomic mass is 10.1. The van der Waals surface area contributed by atoms with E-state index in [4.69, 9.17) is 0 Å². The second-order valence-corrected chi connectivity index (χ2v) is 3.99. The zero-order chi connectivity index (χ0) is 12.0. The molecule has 1 atom stereocenters. The van der Waals surface area contributed by atoms with E-state index in [-0.39, 0.29) is 0 Å². The minimum absolute atomic E-state index is 0.534. The highest BCUT2D eigenvalue weighted by Gasteiger charge is 2.23. The maximum atomic E-state index is 11.3. The van der Waals surface area contributed by atoms with E-state index < -0.39 is 12.0 Å². The number of carbonyl (C=O) groups is 1. The minimum atomic E-state index is -0.787. The summed E-state index contributed by atoms with van der Waals surface area (Å²) in [5.41, 5.74) is 0.841. The van der Waals surface area contributed by atoms with Crippen LogP contribution < -0.4 is 0 Å². The second-order valence-electron chi connectivity index (χ2n) is 3.99. The Morgan fingerprint density at radius 1 is 1.38 bits per heavy atom. The van der Waals surface area contributed by atoms with E-state index in [1.165, 1.54) is 0 Å². The molecule has 1 rings (SSSR count). The number of aliphatic carboxylic acids is 1. The largest absolute Gasteiger partial charge is 0.480 e. The van der Waals surface area contributed by atoms with E-state index in [1.807, 2.05) is 42.3 Å². The number of carboxylic acids is 1. The highest BCUT2D eigenvalue weighted by molar-refractivity contribution is 5.75. The fourth-order valence-electron chi connectivity index (χ4n) is 1.76. The molecule has 0 aromatic heterocycles. The summed E-state index contributed by atoms with van der Waals surface area (Å²) in [6.45, 7) is 2.91. The molecule has 0 saturated heterocycles. The van der Waals surface area contributed by atoms with Crippen LogP contribution in [0.4, 0.5) is 0 Å². The van der Waals surface area contributed by atoms with E-state index in [0.29, 0.717) is 0 Å². The molecule has 3 nitrogen and oxygen atoms in total. The van der Waals surface area contributed by atoms with E-state index >= 15 is 0 Å². The molecule has 1 aromatic rings. The first-order valence-corrected chi connectivity index (χ1v) is 5.64. The Morgan fingerprint density at radius 3 is 2.50 bits per heavy atom. The van der Waals surface area contributed by atoms with Gasteiger partial charge in [0.1, 0.15) is 6.04 Å². The molecule has 16 heavy (non-hydrogen) atoms. The summed E-state index contributed by atoms with van der Waals surface area (Å²) >= 11 is 0. The maximum absolute atomic E-state index is 11.3. The average Bonchev–Trinajstić information content (AvgIpc) is 2.27. The number of hydrogen-bond donors (Lipinski definition) is 1. The molecular formula is C13H19NO2. The standard InChI is InChI=1S/C13H19NO2/c1-3-4-10-14(2)12(13(15)16)11-8-6-5-7-9-11/h5-9,12H,3-4,10H2,1-2H3,(H,15,16). The van der Waals surface area contributed by atoms with Crippen LogP contribution in [0.25, 0.3) is 0 Å². The quantitative estimate of drug-likeness (QED) is 0.802. The third-order valence-corrected chi connectivity index (χ3v) is 2.65. The molecular weight excluding hydrogens is 202 g/mol. The topological polar surface area (TPSA) is 40.5 Å². The van der Waals surface area contributed by atoms with Crippen molar-refractivity contribution in [2.75, 3.05) is 13.6 Å². The normalized spacial score (nSPS) is 12.7. The molecule has 0 radical (unpaired) electrons. The fourth-order valence-corrected chi connectivity index (χ4v) is 1.76. The number of nitrogens with zero attached hydrogens (tertiary/aromatic N) is 1. The molecule has 0 aliphatic rings. The SMILES string of the molecule is CCCCN(C)C(C(=O)O)c1ccccc1. The Morgan fingerprint density at radius 2 is 2.00 bits per heavy atom. The van der Waals surface area contributed by atoms with Crippen molar-refractivity contribution in [3.8, 4) is 0 Å². The van der Waals surface area contributed by atoms with E-state index in [2.05, 4.69) is 6.92 Å². The number of hydrogen-bond acceptors (Lipinski definition) is 2. The van der Waals surface area contributed by atoms with Gasteiger partial charge in [-0.15, -0.1) is 0 Å². The van der Waals surface area contributed by atoms with Crippen molar-refractivity contribution in [3.63, 3.8) is 0 Å². The van der Waals surface area contributed by atoms with Gasteiger partial charge in [0.15, 0.2) is 0 Å². The number of likely N-dealkylation sites (N-methyl/N-ethyl adjacent to an activating group) is 1. The summed E-state index contributed by atoms with van der Waals surface area (Å²) in [6.07, 6.45) is 2.10. The van der Waals surface area contributed by atoms with Gasteiger partial charge in [-0.05, 0) is 25.6 Å². The summed E-state index contributed by atoms with van der Waals surface area (Å²) in [5, 5.41) is 9.25. The first-order valence-electron chi connectivity index (χ1n) is 5.64. The van der Waals surface area contributed by atoms with Crippen LogP contribution in [-0.2, 0) is 4.79 Å². The van der Waals surface area contributed by atoms with Crippen LogP contribution in [0, 0.1) is 0 Å². The van der Waals surface area contributed by atoms with Crippen molar-refractivity contribution < 1.29 is 9.90 Å². The van der Waals surface area contributed by atoms with Gasteiger partial charge in [0, 0.05) is 0 Å². The minimum Gasteiger partial charge on any atom is -0.480 e. The van der Waals surface area contributed by atoms with Crippen molar-refractivity contribution in [1.29, 1.82) is 0 Å². The van der Waals surface area contributed by atoms with Crippen molar-refractivity contribution in [2.45, 2.75) is 25.8 Å². The maximum Gasteiger partial charge on any atom is 0.325 e. The van der Waals surface area contributed by atoms with Crippen molar-refractivity contribution in [2.24, 2.45) is 0 Å². The molecule has 88 valence electrons. The molecule has 0 amide bonds. The van der Waals surface area contributed by atoms with Crippen molar-refractivity contribution >= 4 is 5.97 Å². The summed E-state index contributed by atoms with van der Waals surface area (Å²) in [4.78, 5) is 13.2. The van der Waals surface area contributed by atoms with Crippen LogP contribution in [0.2, 0.25) is 0 Å². The van der Waals surface area contributed by atoms with Gasteiger partial charge >= 0.3 is 5.97 Å². The number of benzene rings is 1. The predicted octanol–water partition coefficient (Wildman–Crippen LogP) is 2.54. The highest BCUT2D eigenvalue weighted by Crippen LogP contribution is 2.19. The summed E-state index contributed by atoms with van der Waals surface area (Å²) in [5.74, 6) is -0.787. The molecule has 0 heterocycles. The van der Waals surface area contributed by atoms with Gasteiger partial charge in [0.25, 0.3) is 0 Å². The first-order chi connectivity index (χ1) is 7.66. The zero-order valence-corrected chi connectivity index (χ0v) is 9.89. The lowest BCUT2D eigenvalue weighted by Gasteiger charge is -2.24. The summed E-state index contributed by atoms with van der Waals surface area (Å²) in [7, 11) is 1.86. The van der Waals surface area contributed by atoms with Crippen LogP contribution >= 0.6 is 0 Å². The van der Waals surface area contributed by atoms with Crippen LogP contribution in [-0.4, -0.2) is 29.6 Å². The third kappa shape index (κ3) is 3.35. The van der Waals surface area contributed by atoms with Crippen LogP contribution in [0.3, 0.4) is 0 Å². The number of rotatable bonds is 6. The fraction of sp³-hybridized carbons (Fsp3) is 0.462. The molecule has 0 aliphatic carbocycles. The van der Waals surface area contributed by atoms with E-state index in [1.54, 1.807) is 0 Å². The molecule has 3 heteroatoms. The first kappa shape index (κ1) is 12.7. The zero-order valence-electron chi connectivity index (χ0n) is 9.89. The van der Waals surface area contributed by atoms with Crippen LogP contribution in [0.5, 0.6) is 0 Å². The molecule has 0 aliphatic heterocycles. The smallest absolute Gasteiger partial charge is 0.325 e. The van der Waals surface area contributed by atoms with E-state index in [0.717, 1.165) is 24.9 Å². The molecule has 0 saturated carbocycles. The third-order valence-electron chi connectivity index (χ3n) is 2.65. The van der Waals surface area contributed by atoms with Gasteiger partial charge < -0.3 is 5.11 Å². The Labute approximate surface area is 96.7 Å². The molecule has 1 N–H and O–H groups in total. The van der Waals surface area contributed by atoms with Gasteiger partial charge in [-0.25, -0.2) is 0 Å². The number of carboxylic acid groups (broad SMARTS) is 1. The second kappa shape index (κ2) is 6.28. The Bertz CT molecular complexity index is 324. The lowest BCUT2D eigenvalue weighted by molar-refractivity contribution is -0.143. The summed E-state index contributed by atoms with van der Waals surface area (Å²) in [6, 6.07) is 8.84. The van der Waals surface area contributed by atoms with Gasteiger partial charge in [0.05, 0.1) is 0 Å². The van der Waals surface area contributed by atoms with E-state index in [9.17, 15) is 9.90 Å². The lowest BCUT2D eigenvalue weighted by Crippen LogP contribution is -2.31. The van der Waals surface area contributed by atoms with Gasteiger partial charge in [-0.1, -0.05) is 43.7 Å². The Kier molecular flexibility index (Phi) is 4.99. The van der Waals surface area contributed by atoms with Crippen LogP contribution in [0.1, 0.15) is 31.4 Å². The van der Waals surface area contributed by atoms with Crippen molar-refractivity contribution in [3.05, 3.63) is 35.9 Å². The summed E-state index contributed by atoms with van der Waals surface area (Å²) < 4.78 is 0. The van der Waals surface area contributed by atoms with Gasteiger partial charge in [0.2, 0.25) is 0 Å². The van der Waals surface area contributed by atoms with Crippen LogP contribution in [0.15, 0.2) is 30.3 Å². The molecule has 0 fully saturated rings. The average molecular weight is 221 g/mol.